The van der Waals surface area contributed by atoms with E-state index in [0.29, 0.717) is 6.42 Å². The van der Waals surface area contributed by atoms with Crippen LogP contribution >= 0.6 is 46.1 Å². The van der Waals surface area contributed by atoms with Crippen molar-refractivity contribution in [2.24, 2.45) is 0 Å². The number of alkyl halides is 3. The third kappa shape index (κ3) is 3.36. The van der Waals surface area contributed by atoms with Gasteiger partial charge in [-0.1, -0.05) is 65.1 Å². The molecule has 0 N–H and O–H groups in total. The first-order valence-corrected chi connectivity index (χ1v) is 6.62. The van der Waals surface area contributed by atoms with Gasteiger partial charge in [0.2, 0.25) is 0 Å². The maximum absolute atomic E-state index is 5.72. The van der Waals surface area contributed by atoms with E-state index in [1.54, 1.807) is 0 Å². The summed E-state index contributed by atoms with van der Waals surface area (Å²) < 4.78 is -1.27. The molecule has 16 heavy (non-hydrogen) atoms. The van der Waals surface area contributed by atoms with Gasteiger partial charge >= 0.3 is 0 Å². The average molecular weight is 293 g/mol. The summed E-state index contributed by atoms with van der Waals surface area (Å²) in [6.07, 6.45) is 0.342. The van der Waals surface area contributed by atoms with Gasteiger partial charge in [0.25, 0.3) is 0 Å². The van der Waals surface area contributed by atoms with Gasteiger partial charge in [-0.05, 0) is 0 Å². The van der Waals surface area contributed by atoms with Gasteiger partial charge in [-0.3, -0.25) is 0 Å². The molecule has 2 aromatic rings. The number of nitrogens with zero attached hydrogens (tertiary/aromatic N) is 1. The summed E-state index contributed by atoms with van der Waals surface area (Å²) in [5.74, 6) is 0. The lowest BCUT2D eigenvalue weighted by atomic mass is 10.2. The van der Waals surface area contributed by atoms with Gasteiger partial charge in [-0.15, -0.1) is 11.3 Å². The smallest absolute Gasteiger partial charge is 0.196 e. The number of halogens is 3. The molecule has 0 saturated heterocycles. The monoisotopic (exact) mass is 291 g/mol. The molecule has 0 bridgehead atoms. The van der Waals surface area contributed by atoms with E-state index in [9.17, 15) is 0 Å². The largest absolute Gasteiger partial charge is 0.241 e. The van der Waals surface area contributed by atoms with Crippen molar-refractivity contribution in [2.45, 2.75) is 10.2 Å². The van der Waals surface area contributed by atoms with E-state index in [4.69, 9.17) is 34.8 Å². The van der Waals surface area contributed by atoms with Crippen molar-refractivity contribution in [2.75, 3.05) is 0 Å². The van der Waals surface area contributed by atoms with Crippen LogP contribution in [0.4, 0.5) is 0 Å². The molecule has 0 aliphatic rings. The minimum Gasteiger partial charge on any atom is -0.241 e. The zero-order chi connectivity index (χ0) is 11.6. The van der Waals surface area contributed by atoms with Crippen molar-refractivity contribution in [3.8, 4) is 11.3 Å². The van der Waals surface area contributed by atoms with Crippen molar-refractivity contribution in [3.05, 3.63) is 40.7 Å². The Morgan fingerprint density at radius 1 is 1.12 bits per heavy atom. The normalized spacial score (nSPS) is 11.7. The van der Waals surface area contributed by atoms with Gasteiger partial charge in [0.1, 0.15) is 0 Å². The van der Waals surface area contributed by atoms with E-state index in [-0.39, 0.29) is 0 Å². The molecule has 1 heterocycles. The Hall–Kier alpha value is -0.280. The maximum Gasteiger partial charge on any atom is 0.196 e. The molecule has 0 saturated carbocycles. The van der Waals surface area contributed by atoms with E-state index in [0.717, 1.165) is 16.3 Å². The van der Waals surface area contributed by atoms with Crippen LogP contribution < -0.4 is 0 Å². The number of aromatic nitrogens is 1. The number of benzene rings is 1. The first kappa shape index (κ1) is 12.2. The molecule has 0 unspecified atom stereocenters. The summed E-state index contributed by atoms with van der Waals surface area (Å²) >= 11 is 18.7. The number of hydrogen-bond donors (Lipinski definition) is 0. The van der Waals surface area contributed by atoms with Gasteiger partial charge in [-0.2, -0.15) is 0 Å². The third-order valence-corrected chi connectivity index (χ3v) is 3.22. The Bertz CT molecular complexity index is 462. The van der Waals surface area contributed by atoms with Crippen molar-refractivity contribution in [1.29, 1.82) is 0 Å². The summed E-state index contributed by atoms with van der Waals surface area (Å²) in [6.45, 7) is 0. The zero-order valence-corrected chi connectivity index (χ0v) is 11.2. The van der Waals surface area contributed by atoms with Crippen LogP contribution in [0.3, 0.4) is 0 Å². The van der Waals surface area contributed by atoms with Crippen LogP contribution in [0.5, 0.6) is 0 Å². The molecule has 0 spiro atoms. The van der Waals surface area contributed by atoms with Crippen molar-refractivity contribution >= 4 is 46.1 Å². The summed E-state index contributed by atoms with van der Waals surface area (Å²) in [6, 6.07) is 9.94. The fourth-order valence-corrected chi connectivity index (χ4v) is 2.81. The van der Waals surface area contributed by atoms with Gasteiger partial charge in [-0.25, -0.2) is 4.98 Å². The molecule has 1 aromatic carbocycles. The molecule has 1 nitrogen and oxygen atoms in total. The Morgan fingerprint density at radius 2 is 1.81 bits per heavy atom. The third-order valence-electron chi connectivity index (χ3n) is 1.97. The first-order valence-electron chi connectivity index (χ1n) is 4.61. The first-order chi connectivity index (χ1) is 7.54. The SMILES string of the molecule is ClC(Cl)(Cl)Cc1nc(-c2ccccc2)cs1. The minimum absolute atomic E-state index is 0.342. The zero-order valence-electron chi connectivity index (χ0n) is 8.16. The molecule has 2 rings (SSSR count). The highest BCUT2D eigenvalue weighted by Crippen LogP contribution is 2.32. The Balaban J connectivity index is 2.21. The van der Waals surface area contributed by atoms with Crippen molar-refractivity contribution < 1.29 is 0 Å². The summed E-state index contributed by atoms with van der Waals surface area (Å²) in [4.78, 5) is 4.43. The quantitative estimate of drug-likeness (QED) is 0.730. The highest BCUT2D eigenvalue weighted by molar-refractivity contribution is 7.10. The number of thiazole rings is 1. The highest BCUT2D eigenvalue weighted by Gasteiger charge is 2.22. The molecule has 0 fully saturated rings. The molecule has 0 amide bonds. The van der Waals surface area contributed by atoms with Crippen molar-refractivity contribution in [3.63, 3.8) is 0 Å². The lowest BCUT2D eigenvalue weighted by molar-refractivity contribution is 0.997. The fourth-order valence-electron chi connectivity index (χ4n) is 1.31. The highest BCUT2D eigenvalue weighted by atomic mass is 35.6. The molecule has 84 valence electrons. The standard InChI is InChI=1S/C11H8Cl3NS/c12-11(13,14)6-10-15-9(7-16-10)8-4-2-1-3-5-8/h1-5,7H,6H2. The van der Waals surface area contributed by atoms with Crippen LogP contribution in [-0.2, 0) is 6.42 Å². The van der Waals surface area contributed by atoms with E-state index in [1.165, 1.54) is 11.3 Å². The summed E-state index contributed by atoms with van der Waals surface area (Å²) in [5, 5.41) is 2.81. The fraction of sp³-hybridized carbons (Fsp3) is 0.182. The Morgan fingerprint density at radius 3 is 2.44 bits per heavy atom. The molecule has 1 aromatic heterocycles. The summed E-state index contributed by atoms with van der Waals surface area (Å²) in [7, 11) is 0. The van der Waals surface area contributed by atoms with Crippen LogP contribution in [0.1, 0.15) is 5.01 Å². The van der Waals surface area contributed by atoms with Crippen LogP contribution in [0.15, 0.2) is 35.7 Å². The molecule has 0 atom stereocenters. The molecule has 0 aliphatic carbocycles. The topological polar surface area (TPSA) is 12.9 Å². The molecule has 0 aliphatic heterocycles. The minimum atomic E-state index is -1.27. The molecule has 0 radical (unpaired) electrons. The second kappa shape index (κ2) is 4.92. The van der Waals surface area contributed by atoms with E-state index in [2.05, 4.69) is 4.98 Å². The summed E-state index contributed by atoms with van der Waals surface area (Å²) in [5.41, 5.74) is 2.00. The molecular formula is C11H8Cl3NS. The van der Waals surface area contributed by atoms with Gasteiger partial charge in [0.05, 0.1) is 10.7 Å². The van der Waals surface area contributed by atoms with Crippen LogP contribution in [0, 0.1) is 0 Å². The second-order valence-electron chi connectivity index (χ2n) is 3.28. The van der Waals surface area contributed by atoms with Crippen molar-refractivity contribution in [1.82, 2.24) is 4.98 Å². The number of rotatable bonds is 2. The van der Waals surface area contributed by atoms with E-state index < -0.39 is 3.79 Å². The average Bonchev–Trinajstić information content (AvgIpc) is 2.65. The van der Waals surface area contributed by atoms with Crippen LogP contribution in [-0.4, -0.2) is 8.78 Å². The lowest BCUT2D eigenvalue weighted by Gasteiger charge is -2.06. The Labute approximate surface area is 113 Å². The van der Waals surface area contributed by atoms with Crippen LogP contribution in [0.25, 0.3) is 11.3 Å². The molecular weight excluding hydrogens is 285 g/mol. The van der Waals surface area contributed by atoms with Crippen LogP contribution in [0.2, 0.25) is 0 Å². The van der Waals surface area contributed by atoms with E-state index >= 15 is 0 Å². The van der Waals surface area contributed by atoms with Gasteiger partial charge in [0, 0.05) is 17.4 Å². The number of hydrogen-bond acceptors (Lipinski definition) is 2. The predicted octanol–water partition coefficient (Wildman–Crippen LogP) is 4.72. The molecule has 5 heteroatoms. The lowest BCUT2D eigenvalue weighted by Crippen LogP contribution is -2.06. The predicted molar refractivity (Wildman–Crippen MR) is 71.5 cm³/mol. The second-order valence-corrected chi connectivity index (χ2v) is 6.74. The maximum atomic E-state index is 5.72. The van der Waals surface area contributed by atoms with Gasteiger partial charge in [0.15, 0.2) is 3.79 Å². The van der Waals surface area contributed by atoms with Gasteiger partial charge < -0.3 is 0 Å². The Kier molecular flexibility index (Phi) is 3.75. The van der Waals surface area contributed by atoms with E-state index in [1.807, 2.05) is 35.7 Å².